The largest absolute Gasteiger partial charge is 0.416 e. The molecule has 0 amide bonds. The van der Waals surface area contributed by atoms with E-state index in [1.165, 1.54) is 0 Å². The van der Waals surface area contributed by atoms with Crippen LogP contribution in [0.1, 0.15) is 18.4 Å². The SMILES string of the molecule is Fc1ccc(C(F)(F)F)cc1NC1CC2CC=CC21. The molecule has 0 spiro atoms. The van der Waals surface area contributed by atoms with Crippen molar-refractivity contribution in [3.63, 3.8) is 0 Å². The first-order chi connectivity index (χ1) is 8.95. The number of hydrogen-bond donors (Lipinski definition) is 1. The molecule has 1 saturated carbocycles. The lowest BCUT2D eigenvalue weighted by molar-refractivity contribution is -0.137. The monoisotopic (exact) mass is 271 g/mol. The molecule has 1 aromatic carbocycles. The molecule has 1 N–H and O–H groups in total. The smallest absolute Gasteiger partial charge is 0.379 e. The van der Waals surface area contributed by atoms with Gasteiger partial charge in [0.05, 0.1) is 11.3 Å². The van der Waals surface area contributed by atoms with Crippen molar-refractivity contribution in [2.24, 2.45) is 11.8 Å². The number of halogens is 4. The van der Waals surface area contributed by atoms with Gasteiger partial charge in [0.25, 0.3) is 0 Å². The molecule has 0 aromatic heterocycles. The van der Waals surface area contributed by atoms with Crippen molar-refractivity contribution in [2.75, 3.05) is 5.32 Å². The molecular formula is C14H13F4N. The van der Waals surface area contributed by atoms with Crippen molar-refractivity contribution in [1.29, 1.82) is 0 Å². The van der Waals surface area contributed by atoms with Crippen LogP contribution in [-0.2, 0) is 6.18 Å². The highest BCUT2D eigenvalue weighted by Crippen LogP contribution is 2.44. The third-order valence-corrected chi connectivity index (χ3v) is 4.00. The van der Waals surface area contributed by atoms with Gasteiger partial charge in [0.2, 0.25) is 0 Å². The van der Waals surface area contributed by atoms with Crippen molar-refractivity contribution in [3.8, 4) is 0 Å². The van der Waals surface area contributed by atoms with Gasteiger partial charge in [0, 0.05) is 12.0 Å². The van der Waals surface area contributed by atoms with Gasteiger partial charge in [-0.3, -0.25) is 0 Å². The third kappa shape index (κ3) is 2.22. The molecule has 5 heteroatoms. The van der Waals surface area contributed by atoms with Crippen molar-refractivity contribution in [3.05, 3.63) is 41.7 Å². The molecule has 0 radical (unpaired) electrons. The number of alkyl halides is 3. The molecule has 2 aliphatic rings. The summed E-state index contributed by atoms with van der Waals surface area (Å²) in [5, 5.41) is 2.90. The topological polar surface area (TPSA) is 12.0 Å². The molecule has 3 rings (SSSR count). The molecule has 19 heavy (non-hydrogen) atoms. The summed E-state index contributed by atoms with van der Waals surface area (Å²) in [5.41, 5.74) is -0.882. The highest BCUT2D eigenvalue weighted by atomic mass is 19.4. The number of rotatable bonds is 2. The van der Waals surface area contributed by atoms with Gasteiger partial charge in [-0.2, -0.15) is 13.2 Å². The number of anilines is 1. The van der Waals surface area contributed by atoms with Gasteiger partial charge in [-0.05, 0) is 37.0 Å². The Labute approximate surface area is 108 Å². The third-order valence-electron chi connectivity index (χ3n) is 4.00. The molecular weight excluding hydrogens is 258 g/mol. The first-order valence-electron chi connectivity index (χ1n) is 6.25. The van der Waals surface area contributed by atoms with Gasteiger partial charge >= 0.3 is 6.18 Å². The molecule has 2 aliphatic carbocycles. The van der Waals surface area contributed by atoms with Crippen LogP contribution >= 0.6 is 0 Å². The zero-order chi connectivity index (χ0) is 13.6. The maximum absolute atomic E-state index is 13.6. The fourth-order valence-corrected chi connectivity index (χ4v) is 2.90. The van der Waals surface area contributed by atoms with Crippen LogP contribution < -0.4 is 5.32 Å². The molecule has 3 atom stereocenters. The lowest BCUT2D eigenvalue weighted by Crippen LogP contribution is -2.43. The minimum Gasteiger partial charge on any atom is -0.379 e. The molecule has 1 nitrogen and oxygen atoms in total. The zero-order valence-electron chi connectivity index (χ0n) is 10.0. The summed E-state index contributed by atoms with van der Waals surface area (Å²) < 4.78 is 51.3. The van der Waals surface area contributed by atoms with E-state index in [0.717, 1.165) is 31.0 Å². The van der Waals surface area contributed by atoms with Crippen molar-refractivity contribution in [2.45, 2.75) is 25.1 Å². The summed E-state index contributed by atoms with van der Waals surface area (Å²) in [4.78, 5) is 0. The van der Waals surface area contributed by atoms with Crippen molar-refractivity contribution >= 4 is 5.69 Å². The molecule has 1 aromatic rings. The Hall–Kier alpha value is -1.52. The minimum absolute atomic E-state index is 0.0433. The fraction of sp³-hybridized carbons (Fsp3) is 0.429. The minimum atomic E-state index is -4.44. The Balaban J connectivity index is 1.79. The van der Waals surface area contributed by atoms with E-state index in [1.807, 2.05) is 0 Å². The number of hydrogen-bond acceptors (Lipinski definition) is 1. The van der Waals surface area contributed by atoms with Crippen LogP contribution in [0, 0.1) is 17.7 Å². The van der Waals surface area contributed by atoms with E-state index in [-0.39, 0.29) is 11.7 Å². The van der Waals surface area contributed by atoms with Crippen molar-refractivity contribution < 1.29 is 17.6 Å². The van der Waals surface area contributed by atoms with E-state index < -0.39 is 17.6 Å². The molecule has 0 bridgehead atoms. The molecule has 0 heterocycles. The number of allylic oxidation sites excluding steroid dienone is 1. The Morgan fingerprint density at radius 1 is 1.21 bits per heavy atom. The second-order valence-corrected chi connectivity index (χ2v) is 5.18. The summed E-state index contributed by atoms with van der Waals surface area (Å²) in [6.07, 6.45) is 1.61. The summed E-state index contributed by atoms with van der Waals surface area (Å²) in [6, 6.07) is 2.52. The molecule has 0 saturated heterocycles. The molecule has 1 fully saturated rings. The Morgan fingerprint density at radius 3 is 2.68 bits per heavy atom. The highest BCUT2D eigenvalue weighted by Gasteiger charge is 2.41. The van der Waals surface area contributed by atoms with Crippen LogP contribution in [0.15, 0.2) is 30.4 Å². The zero-order valence-corrected chi connectivity index (χ0v) is 10.0. The first kappa shape index (κ1) is 12.5. The average Bonchev–Trinajstić information content (AvgIpc) is 2.68. The van der Waals surface area contributed by atoms with E-state index in [0.29, 0.717) is 11.8 Å². The number of benzene rings is 1. The summed E-state index contributed by atoms with van der Waals surface area (Å²) in [7, 11) is 0. The predicted octanol–water partition coefficient (Wildman–Crippen LogP) is 4.22. The maximum atomic E-state index is 13.6. The molecule has 3 unspecified atom stereocenters. The van der Waals surface area contributed by atoms with Crippen LogP contribution in [0.5, 0.6) is 0 Å². The lowest BCUT2D eigenvalue weighted by Gasteiger charge is -2.41. The fourth-order valence-electron chi connectivity index (χ4n) is 2.90. The van der Waals surface area contributed by atoms with Crippen LogP contribution in [0.4, 0.5) is 23.2 Å². The van der Waals surface area contributed by atoms with Crippen LogP contribution in [0.2, 0.25) is 0 Å². The summed E-state index contributed by atoms with van der Waals surface area (Å²) in [5.74, 6) is 0.263. The molecule has 102 valence electrons. The van der Waals surface area contributed by atoms with Crippen LogP contribution in [-0.4, -0.2) is 6.04 Å². The first-order valence-corrected chi connectivity index (χ1v) is 6.25. The normalized spacial score (nSPS) is 28.9. The quantitative estimate of drug-likeness (QED) is 0.627. The van der Waals surface area contributed by atoms with Gasteiger partial charge < -0.3 is 5.32 Å². The van der Waals surface area contributed by atoms with Crippen molar-refractivity contribution in [1.82, 2.24) is 0 Å². The van der Waals surface area contributed by atoms with Crippen LogP contribution in [0.3, 0.4) is 0 Å². The second kappa shape index (κ2) is 4.25. The predicted molar refractivity (Wildman–Crippen MR) is 64.2 cm³/mol. The average molecular weight is 271 g/mol. The van der Waals surface area contributed by atoms with Gasteiger partial charge in [0.15, 0.2) is 0 Å². The van der Waals surface area contributed by atoms with E-state index in [4.69, 9.17) is 0 Å². The summed E-state index contributed by atoms with van der Waals surface area (Å²) >= 11 is 0. The highest BCUT2D eigenvalue weighted by molar-refractivity contribution is 5.50. The van der Waals surface area contributed by atoms with Gasteiger partial charge in [-0.15, -0.1) is 0 Å². The van der Waals surface area contributed by atoms with E-state index in [9.17, 15) is 17.6 Å². The number of fused-ring (bicyclic) bond motifs is 1. The van der Waals surface area contributed by atoms with E-state index >= 15 is 0 Å². The molecule has 0 aliphatic heterocycles. The maximum Gasteiger partial charge on any atom is 0.416 e. The standard InChI is InChI=1S/C14H13F4N/c15-11-5-4-9(14(16,17)18)7-13(11)19-12-6-8-2-1-3-10(8)12/h1,3-5,7-8,10,12,19H,2,6H2. The lowest BCUT2D eigenvalue weighted by atomic mass is 9.71. The Bertz CT molecular complexity index is 521. The van der Waals surface area contributed by atoms with Gasteiger partial charge in [-0.1, -0.05) is 12.2 Å². The van der Waals surface area contributed by atoms with E-state index in [2.05, 4.69) is 17.5 Å². The summed E-state index contributed by atoms with van der Waals surface area (Å²) in [6.45, 7) is 0. The van der Waals surface area contributed by atoms with Gasteiger partial charge in [-0.25, -0.2) is 4.39 Å². The number of nitrogens with one attached hydrogen (secondary N) is 1. The van der Waals surface area contributed by atoms with E-state index in [1.54, 1.807) is 0 Å². The van der Waals surface area contributed by atoms with Gasteiger partial charge in [0.1, 0.15) is 5.82 Å². The second-order valence-electron chi connectivity index (χ2n) is 5.18. The Morgan fingerprint density at radius 2 is 2.00 bits per heavy atom. The van der Waals surface area contributed by atoms with Crippen LogP contribution in [0.25, 0.3) is 0 Å². The Kier molecular flexibility index (Phi) is 2.80.